The molecule has 4 saturated carbocycles. The van der Waals surface area contributed by atoms with Crippen LogP contribution in [0.5, 0.6) is 0 Å². The molecule has 55 heavy (non-hydrogen) atoms. The first-order valence-corrected chi connectivity index (χ1v) is 21.0. The van der Waals surface area contributed by atoms with Crippen LogP contribution < -0.4 is 0 Å². The molecule has 0 amide bonds. The zero-order valence-electron chi connectivity index (χ0n) is 30.5. The predicted octanol–water partition coefficient (Wildman–Crippen LogP) is 13.9. The molecule has 0 radical (unpaired) electrons. The number of hydrogen-bond donors (Lipinski definition) is 0. The van der Waals surface area contributed by atoms with Crippen LogP contribution in [-0.2, 0) is 5.41 Å². The molecule has 7 aromatic carbocycles. The van der Waals surface area contributed by atoms with Gasteiger partial charge in [-0.05, 0) is 125 Å². The summed E-state index contributed by atoms with van der Waals surface area (Å²) in [6.07, 6.45) is 6.92. The minimum Gasteiger partial charge on any atom is -0.227 e. The van der Waals surface area contributed by atoms with Gasteiger partial charge < -0.3 is 0 Å². The highest BCUT2D eigenvalue weighted by Crippen LogP contribution is 2.69. The molecule has 5 aliphatic carbocycles. The van der Waals surface area contributed by atoms with Crippen LogP contribution in [-0.4, -0.2) is 9.97 Å². The summed E-state index contributed by atoms with van der Waals surface area (Å²) in [7, 11) is 0. The van der Waals surface area contributed by atoms with Gasteiger partial charge in [0.15, 0.2) is 5.82 Å². The highest BCUT2D eigenvalue weighted by Gasteiger charge is 2.61. The normalized spacial score (nSPS) is 23.3. The Labute approximate surface area is 324 Å². The lowest BCUT2D eigenvalue weighted by atomic mass is 9.43. The third-order valence-corrected chi connectivity index (χ3v) is 15.4. The number of fused-ring (bicyclic) bond motifs is 9. The largest absolute Gasteiger partial charge is 0.227 e. The van der Waals surface area contributed by atoms with E-state index in [9.17, 15) is 0 Å². The Bertz CT molecular complexity index is 3040. The van der Waals surface area contributed by atoms with Crippen LogP contribution in [0, 0.1) is 23.7 Å². The summed E-state index contributed by atoms with van der Waals surface area (Å²) >= 11 is 1.91. The van der Waals surface area contributed by atoms with E-state index in [1.807, 2.05) is 11.3 Å². The third kappa shape index (κ3) is 4.25. The van der Waals surface area contributed by atoms with Gasteiger partial charge in [0.2, 0.25) is 0 Å². The lowest BCUT2D eigenvalue weighted by molar-refractivity contribution is -0.0399. The van der Waals surface area contributed by atoms with E-state index in [1.54, 1.807) is 11.1 Å². The maximum Gasteiger partial charge on any atom is 0.160 e. The molecule has 0 unspecified atom stereocenters. The first-order chi connectivity index (χ1) is 27.2. The van der Waals surface area contributed by atoms with Crippen molar-refractivity contribution in [2.45, 2.75) is 37.5 Å². The van der Waals surface area contributed by atoms with Crippen LogP contribution in [0.4, 0.5) is 0 Å². The Morgan fingerprint density at radius 1 is 0.455 bits per heavy atom. The molecule has 5 aliphatic rings. The molecule has 2 heterocycles. The van der Waals surface area contributed by atoms with Crippen LogP contribution in [0.1, 0.15) is 43.2 Å². The third-order valence-electron chi connectivity index (χ3n) is 14.3. The molecule has 0 saturated heterocycles. The quantitative estimate of drug-likeness (QED) is 0.170. The van der Waals surface area contributed by atoms with Crippen molar-refractivity contribution >= 4 is 53.2 Å². The molecule has 1 spiro atoms. The monoisotopic (exact) mass is 722 g/mol. The van der Waals surface area contributed by atoms with E-state index in [2.05, 4.69) is 146 Å². The first-order valence-electron chi connectivity index (χ1n) is 20.2. The summed E-state index contributed by atoms with van der Waals surface area (Å²) in [5.41, 5.74) is 12.9. The molecule has 3 heteroatoms. The highest BCUT2D eigenvalue weighted by molar-refractivity contribution is 7.25. The average molecular weight is 723 g/mol. The smallest absolute Gasteiger partial charge is 0.160 e. The molecule has 9 aromatic rings. The van der Waals surface area contributed by atoms with Gasteiger partial charge in [0.1, 0.15) is 0 Å². The second-order valence-corrected chi connectivity index (χ2v) is 18.0. The predicted molar refractivity (Wildman–Crippen MR) is 230 cm³/mol. The summed E-state index contributed by atoms with van der Waals surface area (Å²) in [5.74, 6) is 3.99. The number of aromatic nitrogens is 2. The van der Waals surface area contributed by atoms with Crippen molar-refractivity contribution < 1.29 is 0 Å². The van der Waals surface area contributed by atoms with Gasteiger partial charge >= 0.3 is 0 Å². The summed E-state index contributed by atoms with van der Waals surface area (Å²) in [4.78, 5) is 10.8. The first kappa shape index (κ1) is 30.7. The SMILES string of the molecule is c1ccc(-c2nc(-c3ccc4c(c3)-c3ccc(-c5ccc6c(c5)sc5ccccc56)cc3C43C4CC5CC(C4)CC3C5)nc3c2ccc2ccccc23)cc1. The van der Waals surface area contributed by atoms with Gasteiger partial charge in [-0.15, -0.1) is 11.3 Å². The van der Waals surface area contributed by atoms with E-state index >= 15 is 0 Å². The van der Waals surface area contributed by atoms with Gasteiger partial charge in [-0.1, -0.05) is 115 Å². The average Bonchev–Trinajstić information content (AvgIpc) is 3.75. The summed E-state index contributed by atoms with van der Waals surface area (Å²) in [5, 5.41) is 6.19. The highest BCUT2D eigenvalue weighted by atomic mass is 32.1. The number of rotatable bonds is 3. The maximum absolute atomic E-state index is 5.40. The molecule has 0 atom stereocenters. The van der Waals surface area contributed by atoms with Crippen LogP contribution >= 0.6 is 11.3 Å². The Balaban J connectivity index is 1.02. The van der Waals surface area contributed by atoms with Crippen LogP contribution in [0.25, 0.3) is 86.7 Å². The standard InChI is InChI=1S/C52H38N2S/c1-2-9-33(10-3-1)49-43-20-14-32-8-4-5-11-39(32)50(43)54-51(53-49)36-17-21-45-44(27-36)40-18-15-34(35-16-19-42-41-12-6-7-13-47(41)55-48(42)29-35)28-46(40)52(45)37-23-30-22-31(25-37)26-38(52)24-30/h1-21,27-31,37-38H,22-26H2. The van der Waals surface area contributed by atoms with E-state index in [0.29, 0.717) is 11.8 Å². The molecular weight excluding hydrogens is 685 g/mol. The minimum absolute atomic E-state index is 0.0734. The van der Waals surface area contributed by atoms with E-state index in [0.717, 1.165) is 45.4 Å². The van der Waals surface area contributed by atoms with Gasteiger partial charge in [0.25, 0.3) is 0 Å². The Morgan fingerprint density at radius 2 is 1.15 bits per heavy atom. The molecule has 4 bridgehead atoms. The zero-order chi connectivity index (χ0) is 35.8. The molecular formula is C52H38N2S. The van der Waals surface area contributed by atoms with E-state index in [-0.39, 0.29) is 5.41 Å². The number of thiophene rings is 1. The number of nitrogens with zero attached hydrogens (tertiary/aromatic N) is 2. The molecule has 4 fully saturated rings. The van der Waals surface area contributed by atoms with E-state index in [1.165, 1.54) is 85.3 Å². The zero-order valence-corrected chi connectivity index (χ0v) is 31.3. The molecule has 0 aliphatic heterocycles. The molecule has 14 rings (SSSR count). The Kier molecular flexibility index (Phi) is 6.25. The summed E-state index contributed by atoms with van der Waals surface area (Å²) in [6.45, 7) is 0. The van der Waals surface area contributed by atoms with Crippen molar-refractivity contribution in [3.8, 4) is 44.9 Å². The summed E-state index contributed by atoms with van der Waals surface area (Å²) in [6, 6.07) is 54.5. The van der Waals surface area contributed by atoms with Crippen LogP contribution in [0.2, 0.25) is 0 Å². The van der Waals surface area contributed by atoms with E-state index < -0.39 is 0 Å². The number of hydrogen-bond acceptors (Lipinski definition) is 3. The summed E-state index contributed by atoms with van der Waals surface area (Å²) < 4.78 is 2.73. The van der Waals surface area contributed by atoms with Gasteiger partial charge in [0, 0.05) is 47.5 Å². The van der Waals surface area contributed by atoms with Crippen molar-refractivity contribution in [2.24, 2.45) is 23.7 Å². The molecule has 2 aromatic heterocycles. The van der Waals surface area contributed by atoms with Crippen molar-refractivity contribution in [1.29, 1.82) is 0 Å². The lowest BCUT2D eigenvalue weighted by Gasteiger charge is -2.61. The van der Waals surface area contributed by atoms with Gasteiger partial charge in [-0.3, -0.25) is 0 Å². The fraction of sp³-hybridized carbons (Fsp3) is 0.192. The number of benzene rings is 7. The van der Waals surface area contributed by atoms with Crippen molar-refractivity contribution in [3.63, 3.8) is 0 Å². The fourth-order valence-electron chi connectivity index (χ4n) is 12.2. The van der Waals surface area contributed by atoms with Gasteiger partial charge in [-0.2, -0.15) is 0 Å². The van der Waals surface area contributed by atoms with Gasteiger partial charge in [-0.25, -0.2) is 9.97 Å². The Morgan fingerprint density at radius 3 is 2.00 bits per heavy atom. The molecule has 2 nitrogen and oxygen atoms in total. The van der Waals surface area contributed by atoms with Crippen LogP contribution in [0.15, 0.2) is 146 Å². The molecule has 0 N–H and O–H groups in total. The van der Waals surface area contributed by atoms with E-state index in [4.69, 9.17) is 9.97 Å². The lowest BCUT2D eigenvalue weighted by Crippen LogP contribution is -2.55. The van der Waals surface area contributed by atoms with Gasteiger partial charge in [0.05, 0.1) is 11.2 Å². The topological polar surface area (TPSA) is 25.8 Å². The second kappa shape index (κ2) is 11.2. The molecule has 262 valence electrons. The van der Waals surface area contributed by atoms with Crippen molar-refractivity contribution in [2.75, 3.05) is 0 Å². The fourth-order valence-corrected chi connectivity index (χ4v) is 13.4. The second-order valence-electron chi connectivity index (χ2n) is 16.9. The van der Waals surface area contributed by atoms with Crippen LogP contribution in [0.3, 0.4) is 0 Å². The van der Waals surface area contributed by atoms with Crippen molar-refractivity contribution in [1.82, 2.24) is 9.97 Å². The van der Waals surface area contributed by atoms with Crippen molar-refractivity contribution in [3.05, 3.63) is 157 Å². The Hall–Kier alpha value is -5.64. The maximum atomic E-state index is 5.40. The minimum atomic E-state index is 0.0734.